The number of thioether (sulfide) groups is 1. The number of hydrogen-bond acceptors (Lipinski definition) is 3. The lowest BCUT2D eigenvalue weighted by Crippen LogP contribution is -2.23. The van der Waals surface area contributed by atoms with Gasteiger partial charge in [-0.25, -0.2) is 4.99 Å². The highest BCUT2D eigenvalue weighted by Gasteiger charge is 2.40. The molecule has 2 unspecified atom stereocenters. The Bertz CT molecular complexity index is 2900. The van der Waals surface area contributed by atoms with Crippen LogP contribution in [0.3, 0.4) is 0 Å². The van der Waals surface area contributed by atoms with Crippen LogP contribution in [0.25, 0.3) is 60.2 Å². The van der Waals surface area contributed by atoms with Gasteiger partial charge in [-0.2, -0.15) is 0 Å². The maximum atomic E-state index is 6.53. The molecule has 3 heterocycles. The molecule has 0 fully saturated rings. The Balaban J connectivity index is 1.13. The second-order valence-electron chi connectivity index (χ2n) is 14.5. The van der Waals surface area contributed by atoms with Gasteiger partial charge in [0.1, 0.15) is 11.2 Å². The molecule has 6 aromatic carbocycles. The molecule has 2 aromatic heterocycles. The molecule has 1 aliphatic carbocycles. The summed E-state index contributed by atoms with van der Waals surface area (Å²) in [6, 6.07) is 43.2. The molecule has 0 spiro atoms. The molecule has 0 amide bonds. The van der Waals surface area contributed by atoms with Crippen LogP contribution in [0, 0.1) is 5.41 Å². The van der Waals surface area contributed by atoms with E-state index in [0.29, 0.717) is 5.84 Å². The number of hydrogen-bond donors (Lipinski definition) is 0. The van der Waals surface area contributed by atoms with Gasteiger partial charge in [-0.05, 0) is 95.4 Å². The molecule has 0 N–H and O–H groups in total. The number of para-hydroxylation sites is 1. The lowest BCUT2D eigenvalue weighted by molar-refractivity contribution is 0.372. The van der Waals surface area contributed by atoms with Crippen molar-refractivity contribution >= 4 is 78.8 Å². The summed E-state index contributed by atoms with van der Waals surface area (Å²) in [6.07, 6.45) is 10.6. The Labute approximate surface area is 312 Å². The van der Waals surface area contributed by atoms with Crippen LogP contribution < -0.4 is 0 Å². The first kappa shape index (κ1) is 31.8. The van der Waals surface area contributed by atoms with Crippen LogP contribution in [0.2, 0.25) is 0 Å². The zero-order valence-corrected chi connectivity index (χ0v) is 30.3. The SMILES string of the molecule is C=C/C=C1/C=CCC1(C)C[C@@H]1Sc2ccccc2C1N=C(N=C)c1cccc2oc3ccc(-n4c5ccccc5c5cc6ccccc6cc54)cc3c12. The van der Waals surface area contributed by atoms with Crippen molar-refractivity contribution in [1.82, 2.24) is 4.57 Å². The average molecular weight is 704 g/mol. The molecule has 1 aliphatic heterocycles. The molecule has 5 heteroatoms. The maximum absolute atomic E-state index is 6.53. The van der Waals surface area contributed by atoms with E-state index in [1.54, 1.807) is 0 Å². The van der Waals surface area contributed by atoms with E-state index in [1.165, 1.54) is 48.6 Å². The highest BCUT2D eigenvalue weighted by molar-refractivity contribution is 8.00. The monoisotopic (exact) mass is 703 g/mol. The van der Waals surface area contributed by atoms with Gasteiger partial charge in [0.15, 0.2) is 5.84 Å². The third kappa shape index (κ3) is 5.06. The van der Waals surface area contributed by atoms with Crippen LogP contribution >= 0.6 is 11.8 Å². The first-order valence-electron chi connectivity index (χ1n) is 18.2. The largest absolute Gasteiger partial charge is 0.456 e. The summed E-state index contributed by atoms with van der Waals surface area (Å²) in [5.41, 5.74) is 8.57. The minimum atomic E-state index is -0.0736. The summed E-state index contributed by atoms with van der Waals surface area (Å²) in [5.74, 6) is 0.635. The summed E-state index contributed by atoms with van der Waals surface area (Å²) in [7, 11) is 0. The molecular formula is C48H37N3OS. The predicted octanol–water partition coefficient (Wildman–Crippen LogP) is 13.0. The number of furan rings is 1. The summed E-state index contributed by atoms with van der Waals surface area (Å²) in [5, 5.41) is 7.19. The number of aromatic nitrogens is 1. The molecule has 2 aliphatic rings. The lowest BCUT2D eigenvalue weighted by Gasteiger charge is -2.31. The second-order valence-corrected chi connectivity index (χ2v) is 15.8. The van der Waals surface area contributed by atoms with E-state index in [4.69, 9.17) is 9.41 Å². The molecule has 0 saturated carbocycles. The van der Waals surface area contributed by atoms with Crippen molar-refractivity contribution < 1.29 is 4.42 Å². The fraction of sp³-hybridized carbons (Fsp3) is 0.125. The first-order chi connectivity index (χ1) is 26.0. The van der Waals surface area contributed by atoms with Crippen LogP contribution in [0.1, 0.15) is 36.9 Å². The highest BCUT2D eigenvalue weighted by Crippen LogP contribution is 2.54. The molecule has 4 nitrogen and oxygen atoms in total. The maximum Gasteiger partial charge on any atom is 0.155 e. The normalized spacial score (nSPS) is 20.8. The summed E-state index contributed by atoms with van der Waals surface area (Å²) >= 11 is 1.94. The van der Waals surface area contributed by atoms with Gasteiger partial charge in [0, 0.05) is 42.9 Å². The van der Waals surface area contributed by atoms with Crippen LogP contribution in [0.5, 0.6) is 0 Å². The fourth-order valence-electron chi connectivity index (χ4n) is 8.76. The van der Waals surface area contributed by atoms with Crippen LogP contribution in [0.4, 0.5) is 0 Å². The Hall–Kier alpha value is -5.91. The first-order valence-corrected chi connectivity index (χ1v) is 19.1. The molecule has 53 heavy (non-hydrogen) atoms. The van der Waals surface area contributed by atoms with Crippen molar-refractivity contribution in [3.8, 4) is 5.69 Å². The molecule has 10 rings (SSSR count). The lowest BCUT2D eigenvalue weighted by atomic mass is 9.77. The van der Waals surface area contributed by atoms with Crippen molar-refractivity contribution in [2.75, 3.05) is 0 Å². The zero-order chi connectivity index (χ0) is 35.7. The third-order valence-electron chi connectivity index (χ3n) is 11.3. The van der Waals surface area contributed by atoms with Gasteiger partial charge in [0.2, 0.25) is 0 Å². The fourth-order valence-corrected chi connectivity index (χ4v) is 10.4. The van der Waals surface area contributed by atoms with E-state index >= 15 is 0 Å². The number of benzene rings is 6. The molecule has 256 valence electrons. The second kappa shape index (κ2) is 12.4. The Morgan fingerprint density at radius 3 is 2.53 bits per heavy atom. The van der Waals surface area contributed by atoms with E-state index < -0.39 is 0 Å². The smallest absolute Gasteiger partial charge is 0.155 e. The summed E-state index contributed by atoms with van der Waals surface area (Å²) in [6.45, 7) is 10.4. The van der Waals surface area contributed by atoms with Crippen LogP contribution in [0.15, 0.2) is 177 Å². The topological polar surface area (TPSA) is 42.8 Å². The zero-order valence-electron chi connectivity index (χ0n) is 29.5. The van der Waals surface area contributed by atoms with Crippen molar-refractivity contribution in [3.05, 3.63) is 169 Å². The Kier molecular flexibility index (Phi) is 7.41. The minimum absolute atomic E-state index is 0.0136. The number of aliphatic imine (C=N–C) groups is 2. The Morgan fingerprint density at radius 1 is 0.849 bits per heavy atom. The van der Waals surface area contributed by atoms with Gasteiger partial charge in [0.25, 0.3) is 0 Å². The van der Waals surface area contributed by atoms with Crippen molar-refractivity contribution in [2.45, 2.75) is 36.0 Å². The van der Waals surface area contributed by atoms with Crippen molar-refractivity contribution in [1.29, 1.82) is 0 Å². The van der Waals surface area contributed by atoms with E-state index in [0.717, 1.165) is 46.0 Å². The number of amidine groups is 1. The number of fused-ring (bicyclic) bond motifs is 8. The molecule has 0 bridgehead atoms. The van der Waals surface area contributed by atoms with Crippen LogP contribution in [-0.2, 0) is 0 Å². The number of allylic oxidation sites excluding steroid dienone is 5. The molecular weight excluding hydrogens is 667 g/mol. The highest BCUT2D eigenvalue weighted by atomic mass is 32.2. The van der Waals surface area contributed by atoms with E-state index in [-0.39, 0.29) is 16.7 Å². The number of nitrogens with zero attached hydrogens (tertiary/aromatic N) is 3. The van der Waals surface area contributed by atoms with Gasteiger partial charge in [0.05, 0.1) is 17.1 Å². The quantitative estimate of drug-likeness (QED) is 0.128. The van der Waals surface area contributed by atoms with Gasteiger partial charge >= 0.3 is 0 Å². The van der Waals surface area contributed by atoms with Gasteiger partial charge in [-0.1, -0.05) is 111 Å². The van der Waals surface area contributed by atoms with E-state index in [9.17, 15) is 0 Å². The third-order valence-corrected chi connectivity index (χ3v) is 12.7. The standard InChI is InChI=1S/C48H37N3OS/c1-4-13-32-16-12-25-48(32,2)29-44-46(35-18-8-10-22-43(35)53-44)50-47(49-3)36-19-11-21-42-45(36)38-28-33(23-24-41(38)52-42)51-39-20-9-7-17-34(39)37-26-30-14-5-6-15-31(30)27-40(37)51/h4-24,26-28,44,46H,1,3,25,29H2,2H3/b32-13-,50-47?/t44-,46?,48?/m0/s1. The van der Waals surface area contributed by atoms with Crippen molar-refractivity contribution in [3.63, 3.8) is 0 Å². The van der Waals surface area contributed by atoms with Gasteiger partial charge in [-0.15, -0.1) is 11.8 Å². The molecule has 0 saturated heterocycles. The number of rotatable bonds is 6. The molecule has 0 radical (unpaired) electrons. The van der Waals surface area contributed by atoms with Crippen molar-refractivity contribution in [2.24, 2.45) is 15.4 Å². The van der Waals surface area contributed by atoms with E-state index in [2.05, 4.69) is 157 Å². The summed E-state index contributed by atoms with van der Waals surface area (Å²) in [4.78, 5) is 11.4. The Morgan fingerprint density at radius 2 is 1.66 bits per heavy atom. The minimum Gasteiger partial charge on any atom is -0.456 e. The average Bonchev–Trinajstić information content (AvgIpc) is 3.93. The molecule has 3 atom stereocenters. The molecule has 8 aromatic rings. The van der Waals surface area contributed by atoms with Crippen LogP contribution in [-0.4, -0.2) is 22.4 Å². The van der Waals surface area contributed by atoms with Gasteiger partial charge in [-0.3, -0.25) is 4.99 Å². The summed E-state index contributed by atoms with van der Waals surface area (Å²) < 4.78 is 8.90. The predicted molar refractivity (Wildman–Crippen MR) is 225 cm³/mol. The van der Waals surface area contributed by atoms with E-state index in [1.807, 2.05) is 30.0 Å². The van der Waals surface area contributed by atoms with Gasteiger partial charge < -0.3 is 8.98 Å².